The van der Waals surface area contributed by atoms with Crippen LogP contribution in [-0.4, -0.2) is 69.6 Å². The quantitative estimate of drug-likeness (QED) is 0.369. The van der Waals surface area contributed by atoms with Crippen molar-refractivity contribution in [2.75, 3.05) is 13.2 Å². The lowest BCUT2D eigenvalue weighted by molar-refractivity contribution is -0.220. The first-order valence-corrected chi connectivity index (χ1v) is 5.27. The van der Waals surface area contributed by atoms with E-state index in [2.05, 4.69) is 15.3 Å². The summed E-state index contributed by atoms with van der Waals surface area (Å²) in [6.07, 6.45) is 3.25. The smallest absolute Gasteiger partial charge is 0.210 e. The molecule has 0 bridgehead atoms. The molecule has 0 aromatic heterocycles. The van der Waals surface area contributed by atoms with E-state index in [9.17, 15) is 15.3 Å². The van der Waals surface area contributed by atoms with Crippen molar-refractivity contribution in [2.24, 2.45) is 9.98 Å². The second kappa shape index (κ2) is 2.93. The van der Waals surface area contributed by atoms with Gasteiger partial charge in [0.05, 0.1) is 19.3 Å². The van der Waals surface area contributed by atoms with Crippen molar-refractivity contribution in [1.82, 2.24) is 10.2 Å². The fraction of sp³-hybridized carbons (Fsp3) is 0.778. The van der Waals surface area contributed by atoms with Crippen LogP contribution in [0.5, 0.6) is 0 Å². The Morgan fingerprint density at radius 2 is 2.25 bits per heavy atom. The molecule has 3 aliphatic rings. The molecule has 7 nitrogen and oxygen atoms in total. The minimum atomic E-state index is -1.87. The van der Waals surface area contributed by atoms with Crippen molar-refractivity contribution in [2.45, 2.75) is 30.0 Å². The van der Waals surface area contributed by atoms with Gasteiger partial charge in [0.15, 0.2) is 5.66 Å². The molecule has 1 fully saturated rings. The van der Waals surface area contributed by atoms with Gasteiger partial charge in [-0.3, -0.25) is 9.98 Å². The van der Waals surface area contributed by atoms with Crippen LogP contribution in [0.2, 0.25) is 0 Å². The van der Waals surface area contributed by atoms with E-state index in [0.29, 0.717) is 6.54 Å². The Kier molecular flexibility index (Phi) is 1.84. The second-order valence-corrected chi connectivity index (χ2v) is 4.41. The summed E-state index contributed by atoms with van der Waals surface area (Å²) >= 11 is 0. The summed E-state index contributed by atoms with van der Waals surface area (Å²) in [5.41, 5.74) is -1.07. The lowest BCUT2D eigenvalue weighted by atomic mass is 9.87. The highest BCUT2D eigenvalue weighted by Crippen LogP contribution is 2.42. The minimum absolute atomic E-state index is 0.161. The molecule has 3 heterocycles. The van der Waals surface area contributed by atoms with Crippen molar-refractivity contribution in [3.63, 3.8) is 0 Å². The van der Waals surface area contributed by atoms with E-state index in [1.807, 2.05) is 0 Å². The van der Waals surface area contributed by atoms with Crippen LogP contribution in [0.15, 0.2) is 9.98 Å². The zero-order valence-electron chi connectivity index (χ0n) is 8.61. The molecule has 0 aromatic carbocycles. The number of aliphatic imine (C=N–C) groups is 2. The maximum Gasteiger partial charge on any atom is 0.210 e. The third-order valence-corrected chi connectivity index (χ3v) is 3.66. The monoisotopic (exact) mass is 226 g/mol. The Labute approximate surface area is 92.1 Å². The van der Waals surface area contributed by atoms with Gasteiger partial charge in [0.1, 0.15) is 12.1 Å². The predicted octanol–water partition coefficient (Wildman–Crippen LogP) is -2.53. The van der Waals surface area contributed by atoms with E-state index in [0.717, 1.165) is 0 Å². The molecule has 0 aliphatic carbocycles. The Bertz CT molecular complexity index is 370. The summed E-state index contributed by atoms with van der Waals surface area (Å²) in [5, 5.41) is 32.3. The summed E-state index contributed by atoms with van der Waals surface area (Å²) < 4.78 is 0. The number of hydrogen-bond donors (Lipinski definition) is 4. The molecule has 3 aliphatic heterocycles. The van der Waals surface area contributed by atoms with E-state index in [1.165, 1.54) is 6.34 Å². The Balaban J connectivity index is 2.09. The number of aliphatic hydroxyl groups excluding tert-OH is 1. The van der Waals surface area contributed by atoms with Crippen molar-refractivity contribution >= 4 is 12.7 Å². The van der Waals surface area contributed by atoms with Crippen LogP contribution < -0.4 is 5.32 Å². The largest absolute Gasteiger partial charge is 0.394 e. The lowest BCUT2D eigenvalue weighted by Gasteiger charge is -2.47. The van der Waals surface area contributed by atoms with Crippen molar-refractivity contribution in [1.29, 1.82) is 0 Å². The van der Waals surface area contributed by atoms with Gasteiger partial charge in [-0.1, -0.05) is 0 Å². The number of nitrogens with zero attached hydrogens (tertiary/aromatic N) is 3. The molecule has 3 atom stereocenters. The van der Waals surface area contributed by atoms with E-state index >= 15 is 0 Å². The molecular weight excluding hydrogens is 212 g/mol. The summed E-state index contributed by atoms with van der Waals surface area (Å²) in [6.45, 7) is 0.341. The molecule has 16 heavy (non-hydrogen) atoms. The van der Waals surface area contributed by atoms with Gasteiger partial charge >= 0.3 is 0 Å². The van der Waals surface area contributed by atoms with Crippen molar-refractivity contribution in [3.05, 3.63) is 0 Å². The summed E-state index contributed by atoms with van der Waals surface area (Å²) in [7, 11) is 0. The number of rotatable bonds is 1. The first-order valence-electron chi connectivity index (χ1n) is 5.27. The molecule has 0 amide bonds. The van der Waals surface area contributed by atoms with Gasteiger partial charge in [-0.25, -0.2) is 0 Å². The lowest BCUT2D eigenvalue weighted by Crippen LogP contribution is -2.73. The Morgan fingerprint density at radius 3 is 3.00 bits per heavy atom. The number of aliphatic hydroxyl groups is 3. The minimum Gasteiger partial charge on any atom is -0.394 e. The molecule has 1 spiro atoms. The summed E-state index contributed by atoms with van der Waals surface area (Å²) in [6, 6.07) is -0.903. The van der Waals surface area contributed by atoms with Crippen LogP contribution in [-0.2, 0) is 0 Å². The van der Waals surface area contributed by atoms with Gasteiger partial charge in [0, 0.05) is 13.0 Å². The van der Waals surface area contributed by atoms with Gasteiger partial charge in [0.2, 0.25) is 5.79 Å². The van der Waals surface area contributed by atoms with Crippen molar-refractivity contribution < 1.29 is 15.3 Å². The Hall–Kier alpha value is -1.18. The SMILES string of the molecule is OC[C@@H]1N=CN2CCC(O)(O)C23NC=N[C@@H]13. The molecule has 88 valence electrons. The van der Waals surface area contributed by atoms with Crippen LogP contribution in [0.1, 0.15) is 6.42 Å². The fourth-order valence-corrected chi connectivity index (χ4v) is 2.81. The molecule has 7 heteroatoms. The molecule has 0 saturated carbocycles. The zero-order valence-corrected chi connectivity index (χ0v) is 8.61. The molecule has 3 rings (SSSR count). The molecule has 1 saturated heterocycles. The van der Waals surface area contributed by atoms with Crippen molar-refractivity contribution in [3.8, 4) is 0 Å². The third kappa shape index (κ3) is 0.933. The topological polar surface area (TPSA) is 101 Å². The Morgan fingerprint density at radius 1 is 1.44 bits per heavy atom. The van der Waals surface area contributed by atoms with Crippen LogP contribution in [0, 0.1) is 0 Å². The first-order chi connectivity index (χ1) is 7.62. The average molecular weight is 226 g/mol. The van der Waals surface area contributed by atoms with Crippen LogP contribution in [0.25, 0.3) is 0 Å². The standard InChI is InChI=1S/C9H14N4O3/c14-3-6-7-9(12-4-10-7)8(15,16)1-2-13(9)5-11-6/h4-7,14-16H,1-3H2,(H,10,12)/t6-,7-,9?/m0/s1. The average Bonchev–Trinajstić information content (AvgIpc) is 2.80. The van der Waals surface area contributed by atoms with E-state index < -0.39 is 23.5 Å². The highest BCUT2D eigenvalue weighted by atomic mass is 16.5. The van der Waals surface area contributed by atoms with E-state index in [4.69, 9.17) is 0 Å². The number of nitrogens with one attached hydrogen (secondary N) is 1. The van der Waals surface area contributed by atoms with E-state index in [1.54, 1.807) is 11.2 Å². The summed E-state index contributed by atoms with van der Waals surface area (Å²) in [4.78, 5) is 10.1. The second-order valence-electron chi connectivity index (χ2n) is 4.41. The molecule has 0 radical (unpaired) electrons. The first kappa shape index (κ1) is 10.0. The fourth-order valence-electron chi connectivity index (χ4n) is 2.81. The van der Waals surface area contributed by atoms with Crippen LogP contribution in [0.3, 0.4) is 0 Å². The normalized spacial score (nSPS) is 43.1. The summed E-state index contributed by atoms with van der Waals surface area (Å²) in [5.74, 6) is -1.87. The maximum absolute atomic E-state index is 10.1. The molecule has 1 unspecified atom stereocenters. The third-order valence-electron chi connectivity index (χ3n) is 3.66. The molecule has 0 aromatic rings. The number of hydrogen-bond acceptors (Lipinski definition) is 7. The molecule has 4 N–H and O–H groups in total. The molecular formula is C9H14N4O3. The van der Waals surface area contributed by atoms with Gasteiger partial charge < -0.3 is 25.5 Å². The zero-order chi connectivity index (χ0) is 11.4. The predicted molar refractivity (Wildman–Crippen MR) is 56.0 cm³/mol. The highest BCUT2D eigenvalue weighted by Gasteiger charge is 2.66. The van der Waals surface area contributed by atoms with Gasteiger partial charge in [0.25, 0.3) is 0 Å². The van der Waals surface area contributed by atoms with Crippen LogP contribution >= 0.6 is 0 Å². The highest BCUT2D eigenvalue weighted by molar-refractivity contribution is 5.68. The van der Waals surface area contributed by atoms with Gasteiger partial charge in [-0.05, 0) is 0 Å². The van der Waals surface area contributed by atoms with Gasteiger partial charge in [-0.2, -0.15) is 0 Å². The van der Waals surface area contributed by atoms with Gasteiger partial charge in [-0.15, -0.1) is 0 Å². The van der Waals surface area contributed by atoms with Crippen LogP contribution in [0.4, 0.5) is 0 Å². The maximum atomic E-state index is 10.1. The van der Waals surface area contributed by atoms with E-state index in [-0.39, 0.29) is 13.0 Å².